The predicted molar refractivity (Wildman–Crippen MR) is 86.5 cm³/mol. The Labute approximate surface area is 126 Å². The Kier molecular flexibility index (Phi) is 6.67. The van der Waals surface area contributed by atoms with Gasteiger partial charge in [-0.1, -0.05) is 26.2 Å². The van der Waals surface area contributed by atoms with Crippen molar-refractivity contribution in [1.29, 1.82) is 0 Å². The van der Waals surface area contributed by atoms with Crippen LogP contribution in [0, 0.1) is 0 Å². The van der Waals surface area contributed by atoms with Crippen molar-refractivity contribution in [2.24, 2.45) is 0 Å². The first-order chi connectivity index (χ1) is 9.85. The molecule has 1 unspecified atom stereocenters. The maximum atomic E-state index is 5.45. The fraction of sp³-hybridized carbons (Fsp3) is 0.688. The van der Waals surface area contributed by atoms with Gasteiger partial charge in [-0.2, -0.15) is 11.8 Å². The van der Waals surface area contributed by atoms with E-state index in [4.69, 9.17) is 4.74 Å². The van der Waals surface area contributed by atoms with Crippen LogP contribution in [-0.4, -0.2) is 29.6 Å². The normalized spacial score (nSPS) is 17.9. The van der Waals surface area contributed by atoms with Gasteiger partial charge in [0, 0.05) is 17.2 Å². The number of aromatic nitrogens is 1. The van der Waals surface area contributed by atoms with E-state index in [1.165, 1.54) is 32.1 Å². The minimum Gasteiger partial charge on any atom is -0.495 e. The first-order valence-corrected chi connectivity index (χ1v) is 8.74. The molecule has 3 nitrogen and oxygen atoms in total. The largest absolute Gasteiger partial charge is 0.495 e. The van der Waals surface area contributed by atoms with Gasteiger partial charge in [0.05, 0.1) is 18.8 Å². The van der Waals surface area contributed by atoms with E-state index in [0.717, 1.165) is 29.0 Å². The number of hydrogen-bond acceptors (Lipinski definition) is 4. The molecule has 112 valence electrons. The highest BCUT2D eigenvalue weighted by Gasteiger charge is 2.20. The first kappa shape index (κ1) is 15.6. The summed E-state index contributed by atoms with van der Waals surface area (Å²) in [5.41, 5.74) is 1.04. The molecule has 4 heteroatoms. The van der Waals surface area contributed by atoms with Crippen LogP contribution in [0.15, 0.2) is 18.3 Å². The third-order valence-electron chi connectivity index (χ3n) is 3.85. The molecule has 2 rings (SSSR count). The Morgan fingerprint density at radius 1 is 1.40 bits per heavy atom. The molecular formula is C16H26N2OS. The molecular weight excluding hydrogens is 268 g/mol. The average Bonchev–Trinajstić information content (AvgIpc) is 2.52. The van der Waals surface area contributed by atoms with E-state index in [9.17, 15) is 0 Å². The second-order valence-electron chi connectivity index (χ2n) is 5.29. The molecule has 1 aromatic rings. The lowest BCUT2D eigenvalue weighted by molar-refractivity contribution is 0.398. The standard InChI is InChI=1S/C16H26N2OS/c1-3-17-14(12-20-13-8-5-4-6-9-13)16-15(19-2)10-7-11-18-16/h7,10-11,13-14,17H,3-6,8-9,12H2,1-2H3. The van der Waals surface area contributed by atoms with Crippen LogP contribution in [0.5, 0.6) is 5.75 Å². The number of pyridine rings is 1. The Morgan fingerprint density at radius 3 is 2.90 bits per heavy atom. The quantitative estimate of drug-likeness (QED) is 0.829. The number of thioether (sulfide) groups is 1. The molecule has 1 fully saturated rings. The molecule has 1 saturated carbocycles. The van der Waals surface area contributed by atoms with Gasteiger partial charge in [-0.15, -0.1) is 0 Å². The second kappa shape index (κ2) is 8.53. The van der Waals surface area contributed by atoms with Gasteiger partial charge in [-0.25, -0.2) is 0 Å². The average molecular weight is 294 g/mol. The lowest BCUT2D eigenvalue weighted by Gasteiger charge is -2.25. The zero-order chi connectivity index (χ0) is 14.2. The Balaban J connectivity index is 1.98. The molecule has 1 aliphatic carbocycles. The van der Waals surface area contributed by atoms with Gasteiger partial charge >= 0.3 is 0 Å². The van der Waals surface area contributed by atoms with Crippen LogP contribution in [0.3, 0.4) is 0 Å². The van der Waals surface area contributed by atoms with Crippen LogP contribution in [0.4, 0.5) is 0 Å². The van der Waals surface area contributed by atoms with Gasteiger partial charge < -0.3 is 10.1 Å². The van der Waals surface area contributed by atoms with Crippen LogP contribution >= 0.6 is 11.8 Å². The van der Waals surface area contributed by atoms with Crippen LogP contribution in [0.1, 0.15) is 50.8 Å². The van der Waals surface area contributed by atoms with Crippen molar-refractivity contribution in [1.82, 2.24) is 10.3 Å². The molecule has 20 heavy (non-hydrogen) atoms. The zero-order valence-electron chi connectivity index (χ0n) is 12.6. The van der Waals surface area contributed by atoms with Crippen molar-refractivity contribution in [2.45, 2.75) is 50.3 Å². The number of methoxy groups -OCH3 is 1. The van der Waals surface area contributed by atoms with Crippen LogP contribution in [0.25, 0.3) is 0 Å². The fourth-order valence-corrected chi connectivity index (χ4v) is 4.19. The van der Waals surface area contributed by atoms with Gasteiger partial charge in [0.15, 0.2) is 0 Å². The predicted octanol–water partition coefficient (Wildman–Crippen LogP) is 3.81. The van der Waals surface area contributed by atoms with Crippen LogP contribution in [0.2, 0.25) is 0 Å². The van der Waals surface area contributed by atoms with Gasteiger partial charge in [-0.05, 0) is 31.5 Å². The summed E-state index contributed by atoms with van der Waals surface area (Å²) < 4.78 is 5.45. The topological polar surface area (TPSA) is 34.2 Å². The molecule has 0 spiro atoms. The summed E-state index contributed by atoms with van der Waals surface area (Å²) in [6.07, 6.45) is 8.83. The van der Waals surface area contributed by atoms with Crippen molar-refractivity contribution >= 4 is 11.8 Å². The summed E-state index contributed by atoms with van der Waals surface area (Å²) in [5, 5.41) is 4.38. The number of nitrogens with one attached hydrogen (secondary N) is 1. The van der Waals surface area contributed by atoms with E-state index in [-0.39, 0.29) is 6.04 Å². The highest BCUT2D eigenvalue weighted by Crippen LogP contribution is 2.32. The molecule has 0 aliphatic heterocycles. The van der Waals surface area contributed by atoms with Crippen molar-refractivity contribution in [3.8, 4) is 5.75 Å². The third-order valence-corrected chi connectivity index (χ3v) is 5.32. The van der Waals surface area contributed by atoms with Crippen LogP contribution in [-0.2, 0) is 0 Å². The van der Waals surface area contributed by atoms with Gasteiger partial charge in [0.1, 0.15) is 5.75 Å². The Bertz CT molecular complexity index is 394. The van der Waals surface area contributed by atoms with Crippen molar-refractivity contribution in [3.63, 3.8) is 0 Å². The van der Waals surface area contributed by atoms with Gasteiger partial charge in [0.2, 0.25) is 0 Å². The van der Waals surface area contributed by atoms with E-state index in [2.05, 4.69) is 29.0 Å². The molecule has 0 amide bonds. The monoisotopic (exact) mass is 294 g/mol. The first-order valence-electron chi connectivity index (χ1n) is 7.69. The smallest absolute Gasteiger partial charge is 0.142 e. The molecule has 1 aliphatic rings. The lowest BCUT2D eigenvalue weighted by Crippen LogP contribution is -2.25. The number of hydrogen-bond donors (Lipinski definition) is 1. The Morgan fingerprint density at radius 2 is 2.20 bits per heavy atom. The molecule has 1 atom stereocenters. The van der Waals surface area contributed by atoms with Gasteiger partial charge in [0.25, 0.3) is 0 Å². The summed E-state index contributed by atoms with van der Waals surface area (Å²) >= 11 is 2.10. The number of nitrogens with zero attached hydrogens (tertiary/aromatic N) is 1. The molecule has 1 aromatic heterocycles. The second-order valence-corrected chi connectivity index (χ2v) is 6.63. The minimum atomic E-state index is 0.281. The molecule has 0 radical (unpaired) electrons. The summed E-state index contributed by atoms with van der Waals surface area (Å²) in [5.74, 6) is 1.97. The minimum absolute atomic E-state index is 0.281. The third kappa shape index (κ3) is 4.38. The lowest BCUT2D eigenvalue weighted by atomic mass is 10.0. The fourth-order valence-electron chi connectivity index (χ4n) is 2.78. The maximum absolute atomic E-state index is 5.45. The summed E-state index contributed by atoms with van der Waals surface area (Å²) in [6.45, 7) is 3.10. The summed E-state index contributed by atoms with van der Waals surface area (Å²) in [6, 6.07) is 4.21. The molecule has 1 heterocycles. The highest BCUT2D eigenvalue weighted by molar-refractivity contribution is 7.99. The van der Waals surface area contributed by atoms with E-state index < -0.39 is 0 Å². The van der Waals surface area contributed by atoms with Crippen LogP contribution < -0.4 is 10.1 Å². The van der Waals surface area contributed by atoms with E-state index >= 15 is 0 Å². The maximum Gasteiger partial charge on any atom is 0.142 e. The molecule has 0 saturated heterocycles. The highest BCUT2D eigenvalue weighted by atomic mass is 32.2. The van der Waals surface area contributed by atoms with Crippen molar-refractivity contribution in [3.05, 3.63) is 24.0 Å². The Hall–Kier alpha value is -0.740. The van der Waals surface area contributed by atoms with Crippen molar-refractivity contribution < 1.29 is 4.74 Å². The van der Waals surface area contributed by atoms with E-state index in [0.29, 0.717) is 0 Å². The summed E-state index contributed by atoms with van der Waals surface area (Å²) in [4.78, 5) is 4.53. The van der Waals surface area contributed by atoms with E-state index in [1.807, 2.05) is 18.3 Å². The van der Waals surface area contributed by atoms with Crippen molar-refractivity contribution in [2.75, 3.05) is 19.4 Å². The van der Waals surface area contributed by atoms with Gasteiger partial charge in [-0.3, -0.25) is 4.98 Å². The summed E-state index contributed by atoms with van der Waals surface area (Å²) in [7, 11) is 1.72. The molecule has 0 aromatic carbocycles. The SMILES string of the molecule is CCNC(CSC1CCCCC1)c1ncccc1OC. The zero-order valence-corrected chi connectivity index (χ0v) is 13.4. The van der Waals surface area contributed by atoms with E-state index in [1.54, 1.807) is 7.11 Å². The molecule has 1 N–H and O–H groups in total. The number of rotatable bonds is 7. The number of ether oxygens (including phenoxy) is 1. The molecule has 0 bridgehead atoms.